The maximum Gasteiger partial charge on any atom is 0.228 e. The Kier molecular flexibility index (Phi) is 5.93. The normalized spacial score (nSPS) is 12.9. The second kappa shape index (κ2) is 9.19. The molecule has 1 aliphatic heterocycles. The highest BCUT2D eigenvalue weighted by molar-refractivity contribution is 7.92. The van der Waals surface area contributed by atoms with E-state index in [0.717, 1.165) is 11.1 Å². The van der Waals surface area contributed by atoms with Gasteiger partial charge < -0.3 is 10.6 Å². The molecule has 2 amide bonds. The van der Waals surface area contributed by atoms with Gasteiger partial charge in [-0.2, -0.15) is 0 Å². The van der Waals surface area contributed by atoms with Gasteiger partial charge in [0.05, 0.1) is 22.6 Å². The summed E-state index contributed by atoms with van der Waals surface area (Å²) >= 11 is 0. The van der Waals surface area contributed by atoms with Crippen LogP contribution in [0, 0.1) is 0 Å². The van der Waals surface area contributed by atoms with Crippen molar-refractivity contribution in [3.05, 3.63) is 108 Å². The molecule has 7 heteroatoms. The van der Waals surface area contributed by atoms with Gasteiger partial charge in [0.2, 0.25) is 21.7 Å². The molecule has 0 aliphatic carbocycles. The summed E-state index contributed by atoms with van der Waals surface area (Å²) in [5.41, 5.74) is 3.71. The van der Waals surface area contributed by atoms with E-state index in [9.17, 15) is 18.0 Å². The Morgan fingerprint density at radius 3 is 1.37 bits per heavy atom. The highest BCUT2D eigenvalue weighted by atomic mass is 32.2. The molecule has 0 atom stereocenters. The largest absolute Gasteiger partial charge is 0.326 e. The summed E-state index contributed by atoms with van der Waals surface area (Å²) in [5.74, 6) is -0.458. The molecule has 2 N–H and O–H groups in total. The predicted octanol–water partition coefficient (Wildman–Crippen LogP) is 4.86. The molecule has 35 heavy (non-hydrogen) atoms. The van der Waals surface area contributed by atoms with Gasteiger partial charge in [0.1, 0.15) is 0 Å². The van der Waals surface area contributed by atoms with Crippen molar-refractivity contribution >= 4 is 33.0 Å². The first-order chi connectivity index (χ1) is 16.9. The summed E-state index contributed by atoms with van der Waals surface area (Å²) in [4.78, 5) is 25.2. The second-order valence-corrected chi connectivity index (χ2v) is 10.2. The van der Waals surface area contributed by atoms with Crippen LogP contribution in [0.5, 0.6) is 0 Å². The molecule has 4 aromatic carbocycles. The van der Waals surface area contributed by atoms with Gasteiger partial charge in [-0.05, 0) is 35.4 Å². The monoisotopic (exact) mass is 482 g/mol. The third-order valence-electron chi connectivity index (χ3n) is 5.81. The Hall–Kier alpha value is -4.23. The van der Waals surface area contributed by atoms with Crippen molar-refractivity contribution in [2.75, 3.05) is 10.6 Å². The predicted molar refractivity (Wildman–Crippen MR) is 135 cm³/mol. The number of hydrogen-bond acceptors (Lipinski definition) is 4. The molecule has 1 heterocycles. The van der Waals surface area contributed by atoms with Gasteiger partial charge in [0, 0.05) is 22.5 Å². The molecule has 0 radical (unpaired) electrons. The Balaban J connectivity index is 1.34. The van der Waals surface area contributed by atoms with E-state index in [1.165, 1.54) is 12.1 Å². The molecule has 0 saturated heterocycles. The molecule has 174 valence electrons. The number of hydrogen-bond donors (Lipinski definition) is 2. The first kappa shape index (κ1) is 22.6. The minimum Gasteiger partial charge on any atom is -0.326 e. The highest BCUT2D eigenvalue weighted by Gasteiger charge is 2.33. The van der Waals surface area contributed by atoms with Crippen LogP contribution in [-0.2, 0) is 32.3 Å². The van der Waals surface area contributed by atoms with Gasteiger partial charge in [-0.1, -0.05) is 72.8 Å². The fourth-order valence-electron chi connectivity index (χ4n) is 4.18. The molecule has 0 spiro atoms. The molecule has 6 nitrogen and oxygen atoms in total. The van der Waals surface area contributed by atoms with E-state index in [2.05, 4.69) is 10.6 Å². The molecular weight excluding hydrogens is 460 g/mol. The number of sulfone groups is 1. The average Bonchev–Trinajstić information content (AvgIpc) is 3.06. The summed E-state index contributed by atoms with van der Waals surface area (Å²) < 4.78 is 26.6. The minimum atomic E-state index is -3.80. The highest BCUT2D eigenvalue weighted by Crippen LogP contribution is 2.45. The van der Waals surface area contributed by atoms with Crippen molar-refractivity contribution in [1.82, 2.24) is 0 Å². The summed E-state index contributed by atoms with van der Waals surface area (Å²) in [6.07, 6.45) is 0.383. The van der Waals surface area contributed by atoms with E-state index in [-0.39, 0.29) is 34.4 Å². The number of nitrogens with one attached hydrogen (secondary N) is 2. The van der Waals surface area contributed by atoms with E-state index in [4.69, 9.17) is 0 Å². The molecule has 1 aliphatic rings. The van der Waals surface area contributed by atoms with Crippen molar-refractivity contribution in [2.45, 2.75) is 22.6 Å². The standard InChI is InChI=1S/C28H22N2O4S/c31-27(15-19-7-3-1-4-8-19)29-21-11-13-23-24-14-12-22(18-26(24)35(33,34)25(23)17-21)30-28(32)16-20-9-5-2-6-10-20/h1-14,17-18H,15-16H2,(H,29,31)(H,30,32). The molecule has 0 aromatic heterocycles. The van der Waals surface area contributed by atoms with Gasteiger partial charge in [0.25, 0.3) is 0 Å². The van der Waals surface area contributed by atoms with Crippen LogP contribution in [0.25, 0.3) is 11.1 Å². The average molecular weight is 483 g/mol. The van der Waals surface area contributed by atoms with Gasteiger partial charge in [-0.3, -0.25) is 9.59 Å². The smallest absolute Gasteiger partial charge is 0.228 e. The van der Waals surface area contributed by atoms with Crippen LogP contribution >= 0.6 is 0 Å². The number of rotatable bonds is 6. The number of carbonyl (C=O) groups excluding carboxylic acids is 2. The topological polar surface area (TPSA) is 92.3 Å². The van der Waals surface area contributed by atoms with Crippen LogP contribution in [0.1, 0.15) is 11.1 Å². The van der Waals surface area contributed by atoms with Crippen LogP contribution in [0.2, 0.25) is 0 Å². The molecule has 5 rings (SSSR count). The number of amides is 2. The lowest BCUT2D eigenvalue weighted by Gasteiger charge is -2.07. The summed E-state index contributed by atoms with van der Waals surface area (Å²) in [5, 5.41) is 5.57. The lowest BCUT2D eigenvalue weighted by atomic mass is 10.0. The van der Waals surface area contributed by atoms with E-state index in [0.29, 0.717) is 22.5 Å². The van der Waals surface area contributed by atoms with Crippen LogP contribution in [0.4, 0.5) is 11.4 Å². The van der Waals surface area contributed by atoms with Crippen LogP contribution in [0.3, 0.4) is 0 Å². The zero-order valence-corrected chi connectivity index (χ0v) is 19.5. The number of fused-ring (bicyclic) bond motifs is 3. The van der Waals surface area contributed by atoms with Crippen LogP contribution in [0.15, 0.2) is 107 Å². The van der Waals surface area contributed by atoms with E-state index in [1.54, 1.807) is 24.3 Å². The lowest BCUT2D eigenvalue weighted by Crippen LogP contribution is -2.14. The third kappa shape index (κ3) is 4.72. The molecule has 0 saturated carbocycles. The molecule has 0 unspecified atom stereocenters. The Morgan fingerprint density at radius 1 is 0.571 bits per heavy atom. The zero-order valence-electron chi connectivity index (χ0n) is 18.7. The van der Waals surface area contributed by atoms with E-state index < -0.39 is 9.84 Å². The van der Waals surface area contributed by atoms with Crippen molar-refractivity contribution in [3.63, 3.8) is 0 Å². The first-order valence-corrected chi connectivity index (χ1v) is 12.6. The van der Waals surface area contributed by atoms with Crippen LogP contribution in [-0.4, -0.2) is 20.2 Å². The summed E-state index contributed by atoms with van der Waals surface area (Å²) in [6.45, 7) is 0. The molecular formula is C28H22N2O4S. The number of benzene rings is 4. The molecule has 0 bridgehead atoms. The van der Waals surface area contributed by atoms with E-state index >= 15 is 0 Å². The van der Waals surface area contributed by atoms with Crippen molar-refractivity contribution in [2.24, 2.45) is 0 Å². The fourth-order valence-corrected chi connectivity index (χ4v) is 5.92. The lowest BCUT2D eigenvalue weighted by molar-refractivity contribution is -0.116. The first-order valence-electron chi connectivity index (χ1n) is 11.1. The number of carbonyl (C=O) groups is 2. The Labute approximate surface area is 203 Å². The van der Waals surface area contributed by atoms with Crippen LogP contribution < -0.4 is 10.6 Å². The Bertz CT molecular complexity index is 1420. The quantitative estimate of drug-likeness (QED) is 0.361. The summed E-state index contributed by atoms with van der Waals surface area (Å²) in [7, 11) is -3.80. The Morgan fingerprint density at radius 2 is 0.971 bits per heavy atom. The van der Waals surface area contributed by atoms with E-state index in [1.807, 2.05) is 60.7 Å². The fraction of sp³-hybridized carbons (Fsp3) is 0.0714. The van der Waals surface area contributed by atoms with Gasteiger partial charge in [0.15, 0.2) is 0 Å². The molecule has 0 fully saturated rings. The number of anilines is 2. The van der Waals surface area contributed by atoms with Crippen molar-refractivity contribution in [1.29, 1.82) is 0 Å². The van der Waals surface area contributed by atoms with Gasteiger partial charge in [-0.15, -0.1) is 0 Å². The zero-order chi connectivity index (χ0) is 24.4. The van der Waals surface area contributed by atoms with Crippen molar-refractivity contribution in [3.8, 4) is 11.1 Å². The second-order valence-electron chi connectivity index (χ2n) is 8.35. The minimum absolute atomic E-state index is 0.137. The molecule has 4 aromatic rings. The van der Waals surface area contributed by atoms with Crippen molar-refractivity contribution < 1.29 is 18.0 Å². The maximum absolute atomic E-state index is 13.3. The van der Waals surface area contributed by atoms with Gasteiger partial charge in [-0.25, -0.2) is 8.42 Å². The summed E-state index contributed by atoms with van der Waals surface area (Å²) in [6, 6.07) is 28.4. The third-order valence-corrected chi connectivity index (χ3v) is 7.65. The SMILES string of the molecule is O=C(Cc1ccccc1)Nc1ccc2c(c1)S(=O)(=O)c1cc(NC(=O)Cc3ccccc3)ccc1-2. The maximum atomic E-state index is 13.3. The van der Waals surface area contributed by atoms with Gasteiger partial charge >= 0.3 is 0 Å².